The van der Waals surface area contributed by atoms with E-state index in [-0.39, 0.29) is 38.2 Å². The van der Waals surface area contributed by atoms with Crippen LogP contribution in [0, 0.1) is 5.92 Å². The molecule has 1 rings (SSSR count). The molecule has 0 spiro atoms. The Kier molecular flexibility index (Phi) is 14.8. The van der Waals surface area contributed by atoms with Crippen LogP contribution < -0.4 is 21.1 Å². The maximum atomic E-state index is 13.8. The predicted octanol–water partition coefficient (Wildman–Crippen LogP) is 4.96. The molecule has 4 N–H and O–H groups in total. The maximum Gasteiger partial charge on any atom is 0.407 e. The average Bonchev–Trinajstić information content (AvgIpc) is 2.84. The molecule has 0 saturated heterocycles. The van der Waals surface area contributed by atoms with Gasteiger partial charge in [0.2, 0.25) is 0 Å². The number of benzene rings is 1. The Morgan fingerprint density at radius 3 is 1.76 bits per heavy atom. The molecule has 0 heterocycles. The Balaban J connectivity index is 3.22. The fourth-order valence-electron chi connectivity index (χ4n) is 4.04. The Morgan fingerprint density at radius 2 is 1.28 bits per heavy atom. The zero-order chi connectivity index (χ0) is 35.5. The molecule has 0 aliphatic carbocycles. The van der Waals surface area contributed by atoms with Gasteiger partial charge in [-0.3, -0.25) is 4.79 Å². The first kappa shape index (κ1) is 40.5. The van der Waals surface area contributed by atoms with E-state index in [1.165, 1.54) is 4.90 Å². The van der Waals surface area contributed by atoms with E-state index in [1.54, 1.807) is 62.3 Å². The first-order valence-electron chi connectivity index (χ1n) is 15.8. The molecule has 3 amide bonds. The summed E-state index contributed by atoms with van der Waals surface area (Å²) in [6.07, 6.45) is -0.0948. The minimum atomic E-state index is -1.04. The number of nitrogens with one attached hydrogen (secondary N) is 2. The van der Waals surface area contributed by atoms with Crippen LogP contribution in [0.4, 0.5) is 9.59 Å². The van der Waals surface area contributed by atoms with Crippen molar-refractivity contribution in [3.63, 3.8) is 0 Å². The number of alkyl carbamates (subject to hydrolysis) is 1. The molecule has 0 aliphatic rings. The van der Waals surface area contributed by atoms with Crippen molar-refractivity contribution in [1.82, 2.24) is 15.5 Å². The molecule has 46 heavy (non-hydrogen) atoms. The van der Waals surface area contributed by atoms with Crippen molar-refractivity contribution in [1.29, 1.82) is 0 Å². The van der Waals surface area contributed by atoms with Gasteiger partial charge in [0.05, 0.1) is 5.92 Å². The van der Waals surface area contributed by atoms with Gasteiger partial charge in [-0.1, -0.05) is 12.1 Å². The molecular weight excluding hydrogens is 592 g/mol. The topological polar surface area (TPSA) is 159 Å². The van der Waals surface area contributed by atoms with Crippen molar-refractivity contribution in [2.75, 3.05) is 26.2 Å². The summed E-state index contributed by atoms with van der Waals surface area (Å²) in [6.45, 7) is 21.8. The number of urea groups is 1. The molecule has 0 aromatic heterocycles. The van der Waals surface area contributed by atoms with Crippen LogP contribution in [-0.4, -0.2) is 83.6 Å². The number of ether oxygens (including phenoxy) is 4. The fraction of sp³-hybridized carbons (Fsp3) is 0.706. The van der Waals surface area contributed by atoms with Crippen molar-refractivity contribution in [2.45, 2.75) is 124 Å². The first-order valence-corrected chi connectivity index (χ1v) is 15.8. The Morgan fingerprint density at radius 1 is 0.761 bits per heavy atom. The average molecular weight is 651 g/mol. The second kappa shape index (κ2) is 16.9. The summed E-state index contributed by atoms with van der Waals surface area (Å²) in [4.78, 5) is 53.6. The molecule has 0 fully saturated rings. The van der Waals surface area contributed by atoms with E-state index in [0.29, 0.717) is 12.2 Å². The zero-order valence-corrected chi connectivity index (χ0v) is 30.0. The predicted molar refractivity (Wildman–Crippen MR) is 178 cm³/mol. The highest BCUT2D eigenvalue weighted by molar-refractivity contribution is 5.84. The molecule has 0 unspecified atom stereocenters. The lowest BCUT2D eigenvalue weighted by Gasteiger charge is -2.31. The van der Waals surface area contributed by atoms with Gasteiger partial charge in [0, 0.05) is 32.6 Å². The van der Waals surface area contributed by atoms with Crippen LogP contribution in [0.1, 0.15) is 95.1 Å². The van der Waals surface area contributed by atoms with E-state index in [9.17, 15) is 19.2 Å². The van der Waals surface area contributed by atoms with E-state index in [2.05, 4.69) is 10.6 Å². The van der Waals surface area contributed by atoms with Crippen LogP contribution in [0.5, 0.6) is 5.75 Å². The lowest BCUT2D eigenvalue weighted by molar-refractivity contribution is -0.160. The maximum absolute atomic E-state index is 13.8. The molecule has 1 aromatic carbocycles. The zero-order valence-electron chi connectivity index (χ0n) is 30.0. The van der Waals surface area contributed by atoms with Gasteiger partial charge in [0.15, 0.2) is 0 Å². The molecule has 12 heteroatoms. The van der Waals surface area contributed by atoms with Gasteiger partial charge in [-0.2, -0.15) is 0 Å². The van der Waals surface area contributed by atoms with Crippen LogP contribution in [-0.2, 0) is 30.2 Å². The van der Waals surface area contributed by atoms with Gasteiger partial charge in [-0.25, -0.2) is 14.4 Å². The summed E-state index contributed by atoms with van der Waals surface area (Å²) in [5.41, 5.74) is 4.15. The van der Waals surface area contributed by atoms with Gasteiger partial charge in [0.25, 0.3) is 0 Å². The first-order chi connectivity index (χ1) is 20.9. The highest BCUT2D eigenvalue weighted by Gasteiger charge is 2.32. The molecular formula is C34H58N4O8. The normalized spacial score (nSPS) is 13.6. The standard InChI is InChI=1S/C34H58N4O8/c1-31(2,3)43-25-16-14-23(15-17-25)20-26(28(40)45-33(7,8)9)37-29(41)38(19-13-18-36-30(42)46-34(10,11)12)22-24(21-35)27(39)44-32(4,5)6/h14-17,24,26H,13,18-22,35H2,1-12H3,(H,36,42)(H,37,41)/t24-,26+/m1/s1. The van der Waals surface area contributed by atoms with Crippen LogP contribution in [0.2, 0.25) is 0 Å². The van der Waals surface area contributed by atoms with Gasteiger partial charge in [0.1, 0.15) is 34.2 Å². The lowest BCUT2D eigenvalue weighted by Crippen LogP contribution is -2.53. The minimum absolute atomic E-state index is 0.0622. The van der Waals surface area contributed by atoms with Crippen molar-refractivity contribution < 1.29 is 38.1 Å². The number of amides is 3. The minimum Gasteiger partial charge on any atom is -0.488 e. The van der Waals surface area contributed by atoms with Gasteiger partial charge in [-0.15, -0.1) is 0 Å². The smallest absolute Gasteiger partial charge is 0.407 e. The summed E-state index contributed by atoms with van der Waals surface area (Å²) in [5, 5.41) is 5.48. The fourth-order valence-corrected chi connectivity index (χ4v) is 4.04. The van der Waals surface area contributed by atoms with E-state index in [0.717, 1.165) is 5.56 Å². The Hall–Kier alpha value is -3.54. The highest BCUT2D eigenvalue weighted by Crippen LogP contribution is 2.20. The third-order valence-corrected chi connectivity index (χ3v) is 5.80. The number of esters is 2. The number of hydrogen-bond donors (Lipinski definition) is 3. The quantitative estimate of drug-likeness (QED) is 0.152. The van der Waals surface area contributed by atoms with Gasteiger partial charge >= 0.3 is 24.1 Å². The molecule has 262 valence electrons. The van der Waals surface area contributed by atoms with Crippen molar-refractivity contribution in [3.8, 4) is 5.75 Å². The molecule has 2 atom stereocenters. The summed E-state index contributed by atoms with van der Waals surface area (Å²) in [5.74, 6) is -1.29. The number of nitrogens with two attached hydrogens (primary N) is 1. The SMILES string of the molecule is CC(C)(C)OC(=O)NCCCN(C[C@@H](CN)C(=O)OC(C)(C)C)C(=O)N[C@@H](Cc1ccc(OC(C)(C)C)cc1)C(=O)OC(C)(C)C. The second-order valence-corrected chi connectivity index (χ2v) is 15.3. The van der Waals surface area contributed by atoms with Gasteiger partial charge < -0.3 is 40.2 Å². The monoisotopic (exact) mass is 650 g/mol. The molecule has 12 nitrogen and oxygen atoms in total. The van der Waals surface area contributed by atoms with E-state index in [4.69, 9.17) is 24.7 Å². The number of rotatable bonds is 13. The number of carbonyl (C=O) groups is 4. The Bertz CT molecular complexity index is 1140. The summed E-state index contributed by atoms with van der Waals surface area (Å²) < 4.78 is 22.4. The summed E-state index contributed by atoms with van der Waals surface area (Å²) in [7, 11) is 0. The highest BCUT2D eigenvalue weighted by atomic mass is 16.6. The number of hydrogen-bond acceptors (Lipinski definition) is 9. The van der Waals surface area contributed by atoms with Crippen LogP contribution >= 0.6 is 0 Å². The largest absolute Gasteiger partial charge is 0.488 e. The molecule has 0 bridgehead atoms. The molecule has 0 aliphatic heterocycles. The lowest BCUT2D eigenvalue weighted by atomic mass is 10.0. The molecule has 1 aromatic rings. The third kappa shape index (κ3) is 17.8. The van der Waals surface area contributed by atoms with Crippen LogP contribution in [0.25, 0.3) is 0 Å². The Labute approximate surface area is 275 Å². The summed E-state index contributed by atoms with van der Waals surface area (Å²) in [6, 6.07) is 5.65. The third-order valence-electron chi connectivity index (χ3n) is 5.80. The van der Waals surface area contributed by atoms with Crippen molar-refractivity contribution in [2.24, 2.45) is 11.7 Å². The number of nitrogens with zero attached hydrogens (tertiary/aromatic N) is 1. The molecule has 0 radical (unpaired) electrons. The van der Waals surface area contributed by atoms with Gasteiger partial charge in [-0.05, 0) is 107 Å². The number of carbonyl (C=O) groups excluding carboxylic acids is 4. The van der Waals surface area contributed by atoms with Crippen LogP contribution in [0.15, 0.2) is 24.3 Å². The summed E-state index contributed by atoms with van der Waals surface area (Å²) >= 11 is 0. The van der Waals surface area contributed by atoms with Crippen molar-refractivity contribution in [3.05, 3.63) is 29.8 Å². The van der Waals surface area contributed by atoms with E-state index in [1.807, 2.05) is 45.0 Å². The van der Waals surface area contributed by atoms with E-state index < -0.39 is 52.8 Å². The second-order valence-electron chi connectivity index (χ2n) is 15.3. The van der Waals surface area contributed by atoms with E-state index >= 15 is 0 Å². The van der Waals surface area contributed by atoms with Crippen LogP contribution in [0.3, 0.4) is 0 Å². The molecule has 0 saturated carbocycles. The van der Waals surface area contributed by atoms with Crippen molar-refractivity contribution >= 4 is 24.1 Å².